The van der Waals surface area contributed by atoms with Crippen molar-refractivity contribution in [3.05, 3.63) is 61.2 Å². The third kappa shape index (κ3) is 14.9. The Bertz CT molecular complexity index is 270. The van der Waals surface area contributed by atoms with Crippen molar-refractivity contribution < 1.29 is 23.3 Å². The minimum atomic E-state index is -3.11. The van der Waals surface area contributed by atoms with Gasteiger partial charge in [-0.3, -0.25) is 4.21 Å². The van der Waals surface area contributed by atoms with Crippen molar-refractivity contribution in [1.29, 1.82) is 0 Å². The second-order valence-corrected chi connectivity index (χ2v) is 2.77. The molecule has 0 saturated heterocycles. The van der Waals surface area contributed by atoms with Crippen LogP contribution in [0.1, 0.15) is 0 Å². The smallest absolute Gasteiger partial charge is 0.166 e. The predicted molar refractivity (Wildman–Crippen MR) is 55.7 cm³/mol. The molecule has 0 spiro atoms. The molecule has 0 saturated carbocycles. The first-order valence-corrected chi connectivity index (χ1v) is 5.32. The lowest BCUT2D eigenvalue weighted by molar-refractivity contribution is -0.378. The standard InChI is InChI=1S/2C5H5N.H2O3S/c2*1-2-4-6-5-3-1;1-4(2)3/h2*1-5H;(H2,1,2,3). The van der Waals surface area contributed by atoms with Crippen LogP contribution in [0.2, 0.25) is 0 Å². The Morgan fingerprint density at radius 1 is 0.688 bits per heavy atom. The van der Waals surface area contributed by atoms with Gasteiger partial charge in [0.05, 0.1) is 0 Å². The monoisotopic (exact) mass is 240 g/mol. The predicted octanol–water partition coefficient (Wildman–Crippen LogP) is -0.00270. The van der Waals surface area contributed by atoms with Gasteiger partial charge in [0.25, 0.3) is 0 Å². The zero-order valence-corrected chi connectivity index (χ0v) is 9.22. The Morgan fingerprint density at radius 3 is 1.00 bits per heavy atom. The second kappa shape index (κ2) is 11.4. The van der Waals surface area contributed by atoms with Crippen LogP contribution in [0, 0.1) is 0 Å². The topological polar surface area (TPSA) is 91.5 Å². The molecule has 6 heteroatoms. The van der Waals surface area contributed by atoms with Crippen LogP contribution in [-0.4, -0.2) is 13.3 Å². The van der Waals surface area contributed by atoms with E-state index in [4.69, 9.17) is 13.3 Å². The van der Waals surface area contributed by atoms with Crippen LogP contribution in [-0.2, 0) is 11.4 Å². The molecule has 2 rings (SSSR count). The average molecular weight is 240 g/mol. The van der Waals surface area contributed by atoms with E-state index in [1.165, 1.54) is 0 Å². The van der Waals surface area contributed by atoms with Gasteiger partial charge in [0.2, 0.25) is 0 Å². The van der Waals surface area contributed by atoms with Crippen molar-refractivity contribution in [1.82, 2.24) is 0 Å². The maximum Gasteiger partial charge on any atom is 0.166 e. The van der Waals surface area contributed by atoms with Crippen molar-refractivity contribution in [3.63, 3.8) is 0 Å². The van der Waals surface area contributed by atoms with E-state index in [0.717, 1.165) is 0 Å². The highest BCUT2D eigenvalue weighted by Gasteiger charge is 1.66. The highest BCUT2D eigenvalue weighted by molar-refractivity contribution is 7.72. The van der Waals surface area contributed by atoms with Crippen molar-refractivity contribution in [2.45, 2.75) is 0 Å². The molecule has 0 atom stereocenters. The zero-order chi connectivity index (χ0) is 12.1. The summed E-state index contributed by atoms with van der Waals surface area (Å²) in [5.41, 5.74) is 0. The van der Waals surface area contributed by atoms with E-state index in [0.29, 0.717) is 0 Å². The normalized spacial score (nSPS) is 8.19. The number of nitrogens with one attached hydrogen (secondary N) is 2. The van der Waals surface area contributed by atoms with Crippen molar-refractivity contribution >= 4 is 11.4 Å². The maximum absolute atomic E-state index is 8.44. The van der Waals surface area contributed by atoms with E-state index < -0.39 is 11.4 Å². The van der Waals surface area contributed by atoms with E-state index >= 15 is 0 Å². The van der Waals surface area contributed by atoms with Crippen LogP contribution in [0.5, 0.6) is 0 Å². The molecular formula is C10H12N2O3S. The molecule has 2 heterocycles. The first-order valence-electron chi connectivity index (χ1n) is 4.32. The molecule has 0 aliphatic rings. The Hall–Kier alpha value is -1.63. The van der Waals surface area contributed by atoms with Gasteiger partial charge in [-0.05, 0) is 0 Å². The summed E-state index contributed by atoms with van der Waals surface area (Å²) in [4.78, 5) is 5.78. The molecule has 0 bridgehead atoms. The fourth-order valence-corrected chi connectivity index (χ4v) is 0.684. The molecule has 0 aliphatic carbocycles. The van der Waals surface area contributed by atoms with E-state index in [-0.39, 0.29) is 0 Å². The van der Waals surface area contributed by atoms with E-state index in [2.05, 4.69) is 9.97 Å². The number of pyridine rings is 2. The first kappa shape index (κ1) is 14.4. The molecule has 0 aliphatic heterocycles. The lowest BCUT2D eigenvalue weighted by Gasteiger charge is -2.03. The second-order valence-electron chi connectivity index (χ2n) is 2.36. The minimum absolute atomic E-state index is 1.88. The van der Waals surface area contributed by atoms with E-state index in [1.807, 2.05) is 61.2 Å². The van der Waals surface area contributed by atoms with E-state index in [9.17, 15) is 0 Å². The lowest BCUT2D eigenvalue weighted by Crippen LogP contribution is -1.93. The summed E-state index contributed by atoms with van der Waals surface area (Å²) in [6.07, 6.45) is 7.50. The van der Waals surface area contributed by atoms with Gasteiger partial charge in [0, 0.05) is 24.3 Å². The molecule has 5 nitrogen and oxygen atoms in total. The zero-order valence-electron chi connectivity index (χ0n) is 8.41. The molecule has 0 radical (unpaired) electrons. The number of hydrogen-bond acceptors (Lipinski definition) is 3. The quantitative estimate of drug-likeness (QED) is 0.607. The summed E-state index contributed by atoms with van der Waals surface area (Å²) < 4.78 is 25.3. The van der Waals surface area contributed by atoms with E-state index in [1.54, 1.807) is 0 Å². The van der Waals surface area contributed by atoms with Crippen LogP contribution in [0.4, 0.5) is 0 Å². The SMILES string of the molecule is O=S([O-])[O-].c1cc[nH+]cc1.c1cc[nH+]cc1. The van der Waals surface area contributed by atoms with Gasteiger partial charge in [-0.2, -0.15) is 0 Å². The number of aromatic nitrogens is 2. The molecule has 2 N–H and O–H groups in total. The number of aromatic amines is 2. The molecule has 2 aromatic heterocycles. The van der Waals surface area contributed by atoms with Gasteiger partial charge < -0.3 is 9.11 Å². The summed E-state index contributed by atoms with van der Waals surface area (Å²) in [5.74, 6) is 0. The molecule has 16 heavy (non-hydrogen) atoms. The van der Waals surface area contributed by atoms with Crippen LogP contribution in [0.15, 0.2) is 61.2 Å². The highest BCUT2D eigenvalue weighted by atomic mass is 32.2. The van der Waals surface area contributed by atoms with Crippen LogP contribution >= 0.6 is 0 Å². The Kier molecular flexibility index (Phi) is 10.3. The minimum Gasteiger partial charge on any atom is -0.784 e. The number of H-pyrrole nitrogens is 2. The van der Waals surface area contributed by atoms with Gasteiger partial charge in [-0.1, -0.05) is 12.1 Å². The summed E-state index contributed by atoms with van der Waals surface area (Å²) >= 11 is -3.11. The van der Waals surface area contributed by atoms with Gasteiger partial charge >= 0.3 is 0 Å². The average Bonchev–Trinajstić information content (AvgIpc) is 2.34. The summed E-state index contributed by atoms with van der Waals surface area (Å²) in [7, 11) is 0. The first-order chi connectivity index (χ1) is 7.73. The van der Waals surface area contributed by atoms with Crippen LogP contribution in [0.3, 0.4) is 0 Å². The molecule has 0 amide bonds. The third-order valence-electron chi connectivity index (χ3n) is 1.21. The van der Waals surface area contributed by atoms with Crippen molar-refractivity contribution in [2.24, 2.45) is 0 Å². The molecule has 0 aromatic carbocycles. The molecule has 0 unspecified atom stereocenters. The fourth-order valence-electron chi connectivity index (χ4n) is 0.684. The van der Waals surface area contributed by atoms with Gasteiger partial charge in [0.15, 0.2) is 24.8 Å². The molecular weight excluding hydrogens is 228 g/mol. The summed E-state index contributed by atoms with van der Waals surface area (Å²) in [6.45, 7) is 0. The number of hydrogen-bond donors (Lipinski definition) is 0. The summed E-state index contributed by atoms with van der Waals surface area (Å²) in [5, 5.41) is 0. The molecule has 0 fully saturated rings. The Morgan fingerprint density at radius 2 is 0.938 bits per heavy atom. The van der Waals surface area contributed by atoms with Crippen LogP contribution in [0.25, 0.3) is 0 Å². The third-order valence-corrected chi connectivity index (χ3v) is 1.21. The van der Waals surface area contributed by atoms with Gasteiger partial charge in [-0.25, -0.2) is 9.97 Å². The molecule has 2 aromatic rings. The van der Waals surface area contributed by atoms with Gasteiger partial charge in [-0.15, -0.1) is 11.4 Å². The highest BCUT2D eigenvalue weighted by Crippen LogP contribution is 1.68. The summed E-state index contributed by atoms with van der Waals surface area (Å²) in [6, 6.07) is 11.7. The molecule has 86 valence electrons. The fraction of sp³-hybridized carbons (Fsp3) is 0. The van der Waals surface area contributed by atoms with Gasteiger partial charge in [0.1, 0.15) is 0 Å². The number of rotatable bonds is 0. The Balaban J connectivity index is 0.000000217. The van der Waals surface area contributed by atoms with Crippen molar-refractivity contribution in [2.75, 3.05) is 0 Å². The maximum atomic E-state index is 8.44. The van der Waals surface area contributed by atoms with Crippen LogP contribution < -0.4 is 9.97 Å². The Labute approximate surface area is 96.3 Å². The lowest BCUT2D eigenvalue weighted by atomic mass is 10.5. The van der Waals surface area contributed by atoms with Crippen molar-refractivity contribution in [3.8, 4) is 0 Å². The largest absolute Gasteiger partial charge is 0.784 e.